The average molecular weight is 309 g/mol. The third kappa shape index (κ3) is 2.30. The van der Waals surface area contributed by atoms with Gasteiger partial charge >= 0.3 is 6.18 Å². The first-order chi connectivity index (χ1) is 10.4. The molecule has 2 atom stereocenters. The number of rotatable bonds is 2. The topological polar surface area (TPSA) is 45.0 Å². The lowest BCUT2D eigenvalue weighted by Crippen LogP contribution is -2.39. The van der Waals surface area contributed by atoms with Gasteiger partial charge in [-0.05, 0) is 17.5 Å². The van der Waals surface area contributed by atoms with Crippen LogP contribution in [0.4, 0.5) is 13.2 Å². The molecule has 0 radical (unpaired) electrons. The van der Waals surface area contributed by atoms with Gasteiger partial charge < -0.3 is 4.90 Å². The van der Waals surface area contributed by atoms with E-state index >= 15 is 0 Å². The summed E-state index contributed by atoms with van der Waals surface area (Å²) in [6, 6.07) is 7.35. The van der Waals surface area contributed by atoms with Crippen molar-refractivity contribution in [3.05, 3.63) is 47.3 Å². The van der Waals surface area contributed by atoms with Crippen LogP contribution < -0.4 is 0 Å². The molecule has 2 aliphatic heterocycles. The normalized spacial score (nSPS) is 24.5. The molecule has 116 valence electrons. The average Bonchev–Trinajstić information content (AvgIpc) is 2.84. The Morgan fingerprint density at radius 1 is 1.32 bits per heavy atom. The van der Waals surface area contributed by atoms with Crippen molar-refractivity contribution in [3.8, 4) is 0 Å². The van der Waals surface area contributed by atoms with Gasteiger partial charge in [-0.15, -0.1) is 5.11 Å². The summed E-state index contributed by atoms with van der Waals surface area (Å²) in [6.45, 7) is 2.25. The van der Waals surface area contributed by atoms with Crippen LogP contribution in [0.1, 0.15) is 30.5 Å². The molecule has 2 unspecified atom stereocenters. The molecule has 2 heterocycles. The van der Waals surface area contributed by atoms with E-state index in [1.54, 1.807) is 4.90 Å². The number of carbonyl (C=O) groups is 1. The highest BCUT2D eigenvalue weighted by atomic mass is 19.4. The number of benzene rings is 1. The van der Waals surface area contributed by atoms with E-state index in [0.29, 0.717) is 13.0 Å². The fraction of sp³-hybridized carbons (Fsp3) is 0.400. The molecule has 0 aliphatic carbocycles. The Hall–Kier alpha value is -2.18. The second kappa shape index (κ2) is 5.23. The lowest BCUT2D eigenvalue weighted by Gasteiger charge is -2.33. The molecular formula is C15H14F3N3O. The Morgan fingerprint density at radius 3 is 2.73 bits per heavy atom. The lowest BCUT2D eigenvalue weighted by molar-refractivity contribution is -0.177. The van der Waals surface area contributed by atoms with Crippen LogP contribution in [0.15, 0.2) is 46.4 Å². The van der Waals surface area contributed by atoms with Gasteiger partial charge in [-0.25, -0.2) is 0 Å². The van der Waals surface area contributed by atoms with E-state index < -0.39 is 18.0 Å². The molecule has 0 aromatic heterocycles. The van der Waals surface area contributed by atoms with Crippen molar-refractivity contribution in [2.75, 3.05) is 0 Å². The van der Waals surface area contributed by atoms with E-state index in [1.165, 1.54) is 0 Å². The van der Waals surface area contributed by atoms with Crippen LogP contribution in [0.25, 0.3) is 0 Å². The standard InChI is InChI=1S/C15H14F3N3O/c1-2-11-10-6-4-3-5-9(10)8-21(11)12-7-19-20-14(22)13(12)15(16,17)18/h3-7,11,13H,2,8H2,1H3. The maximum atomic E-state index is 13.3. The number of halogens is 3. The highest BCUT2D eigenvalue weighted by Gasteiger charge is 2.51. The fourth-order valence-electron chi connectivity index (χ4n) is 3.13. The van der Waals surface area contributed by atoms with Crippen LogP contribution in [0.5, 0.6) is 0 Å². The van der Waals surface area contributed by atoms with E-state index in [9.17, 15) is 18.0 Å². The first-order valence-electron chi connectivity index (χ1n) is 6.99. The van der Waals surface area contributed by atoms with Gasteiger partial charge in [-0.2, -0.15) is 18.3 Å². The quantitative estimate of drug-likeness (QED) is 0.830. The maximum Gasteiger partial charge on any atom is 0.406 e. The largest absolute Gasteiger partial charge is 0.406 e. The minimum Gasteiger partial charge on any atom is -0.361 e. The van der Waals surface area contributed by atoms with Crippen molar-refractivity contribution < 1.29 is 18.0 Å². The summed E-state index contributed by atoms with van der Waals surface area (Å²) in [5.41, 5.74) is 1.86. The Balaban J connectivity index is 2.02. The van der Waals surface area contributed by atoms with E-state index in [4.69, 9.17) is 0 Å². The zero-order chi connectivity index (χ0) is 15.9. The van der Waals surface area contributed by atoms with Crippen molar-refractivity contribution in [1.29, 1.82) is 0 Å². The number of hydrogen-bond acceptors (Lipinski definition) is 3. The Bertz CT molecular complexity index is 666. The predicted octanol–water partition coefficient (Wildman–Crippen LogP) is 3.97. The Kier molecular flexibility index (Phi) is 3.50. The van der Waals surface area contributed by atoms with Crippen molar-refractivity contribution in [1.82, 2.24) is 4.90 Å². The zero-order valence-corrected chi connectivity index (χ0v) is 11.8. The van der Waals surface area contributed by atoms with Crippen LogP contribution in [0.2, 0.25) is 0 Å². The smallest absolute Gasteiger partial charge is 0.361 e. The summed E-state index contributed by atoms with van der Waals surface area (Å²) >= 11 is 0. The molecule has 1 aromatic carbocycles. The SMILES string of the molecule is CCC1c2ccccc2CN1C1=CN=NC(=O)C1C(F)(F)F. The van der Waals surface area contributed by atoms with Crippen LogP contribution in [0, 0.1) is 5.92 Å². The molecule has 0 bridgehead atoms. The number of hydrogen-bond donors (Lipinski definition) is 0. The highest BCUT2D eigenvalue weighted by molar-refractivity contribution is 5.83. The van der Waals surface area contributed by atoms with E-state index in [-0.39, 0.29) is 11.7 Å². The summed E-state index contributed by atoms with van der Waals surface area (Å²) in [5, 5.41) is 6.51. The first-order valence-corrected chi connectivity index (χ1v) is 6.99. The van der Waals surface area contributed by atoms with Gasteiger partial charge in [0.15, 0.2) is 5.92 Å². The summed E-state index contributed by atoms with van der Waals surface area (Å²) < 4.78 is 39.8. The van der Waals surface area contributed by atoms with Gasteiger partial charge in [-0.3, -0.25) is 4.79 Å². The maximum absolute atomic E-state index is 13.3. The minimum absolute atomic E-state index is 0.115. The molecule has 3 rings (SSSR count). The van der Waals surface area contributed by atoms with Gasteiger partial charge in [0.25, 0.3) is 5.91 Å². The lowest BCUT2D eigenvalue weighted by atomic mass is 9.99. The molecule has 2 aliphatic rings. The molecule has 7 heteroatoms. The number of nitrogens with zero attached hydrogens (tertiary/aromatic N) is 3. The summed E-state index contributed by atoms with van der Waals surface area (Å²) in [7, 11) is 0. The van der Waals surface area contributed by atoms with Crippen molar-refractivity contribution in [3.63, 3.8) is 0 Å². The summed E-state index contributed by atoms with van der Waals surface area (Å²) in [4.78, 5) is 13.3. The fourth-order valence-corrected chi connectivity index (χ4v) is 3.13. The molecule has 0 N–H and O–H groups in total. The van der Waals surface area contributed by atoms with Gasteiger partial charge in [-0.1, -0.05) is 31.2 Å². The highest BCUT2D eigenvalue weighted by Crippen LogP contribution is 2.44. The number of carbonyl (C=O) groups excluding carboxylic acids is 1. The Labute approximate surface area is 125 Å². The van der Waals surface area contributed by atoms with E-state index in [0.717, 1.165) is 17.3 Å². The van der Waals surface area contributed by atoms with Crippen LogP contribution in [0.3, 0.4) is 0 Å². The number of azo groups is 1. The minimum atomic E-state index is -4.67. The molecule has 0 saturated carbocycles. The molecule has 0 fully saturated rings. The third-order valence-corrected chi connectivity index (χ3v) is 4.07. The van der Waals surface area contributed by atoms with Gasteiger partial charge in [0.2, 0.25) is 0 Å². The molecule has 0 spiro atoms. The number of alkyl halides is 3. The van der Waals surface area contributed by atoms with Crippen molar-refractivity contribution in [2.24, 2.45) is 16.1 Å². The van der Waals surface area contributed by atoms with Gasteiger partial charge in [0.1, 0.15) is 0 Å². The molecule has 0 saturated heterocycles. The van der Waals surface area contributed by atoms with Gasteiger partial charge in [0, 0.05) is 6.54 Å². The molecule has 1 aromatic rings. The molecule has 1 amide bonds. The summed E-state index contributed by atoms with van der Waals surface area (Å²) in [5.74, 6) is -3.48. The third-order valence-electron chi connectivity index (χ3n) is 4.07. The van der Waals surface area contributed by atoms with E-state index in [2.05, 4.69) is 10.2 Å². The zero-order valence-electron chi connectivity index (χ0n) is 11.8. The number of amides is 1. The predicted molar refractivity (Wildman–Crippen MR) is 72.5 cm³/mol. The molecule has 22 heavy (non-hydrogen) atoms. The first kappa shape index (κ1) is 14.7. The molecular weight excluding hydrogens is 295 g/mol. The number of fused-ring (bicyclic) bond motifs is 1. The van der Waals surface area contributed by atoms with Crippen LogP contribution in [-0.2, 0) is 11.3 Å². The molecule has 4 nitrogen and oxygen atoms in total. The second-order valence-electron chi connectivity index (χ2n) is 5.33. The van der Waals surface area contributed by atoms with Crippen LogP contribution >= 0.6 is 0 Å². The summed E-state index contributed by atoms with van der Waals surface area (Å²) in [6.07, 6.45) is -2.96. The Morgan fingerprint density at radius 2 is 2.05 bits per heavy atom. The van der Waals surface area contributed by atoms with Gasteiger partial charge in [0.05, 0.1) is 17.9 Å². The monoisotopic (exact) mass is 309 g/mol. The van der Waals surface area contributed by atoms with Crippen molar-refractivity contribution in [2.45, 2.75) is 32.1 Å². The van der Waals surface area contributed by atoms with Crippen LogP contribution in [-0.4, -0.2) is 17.0 Å². The van der Waals surface area contributed by atoms with E-state index in [1.807, 2.05) is 31.2 Å². The van der Waals surface area contributed by atoms with Crippen molar-refractivity contribution >= 4 is 5.91 Å². The second-order valence-corrected chi connectivity index (χ2v) is 5.33.